The van der Waals surface area contributed by atoms with E-state index in [1.54, 1.807) is 35.7 Å². The van der Waals surface area contributed by atoms with Gasteiger partial charge in [-0.3, -0.25) is 4.57 Å². The number of halogens is 1. The molecule has 0 saturated carbocycles. The van der Waals surface area contributed by atoms with Gasteiger partial charge in [-0.15, -0.1) is 0 Å². The van der Waals surface area contributed by atoms with Crippen molar-refractivity contribution in [2.24, 2.45) is 0 Å². The number of hydrogen-bond acceptors (Lipinski definition) is 6. The predicted octanol–water partition coefficient (Wildman–Crippen LogP) is 0.588. The normalized spacial score (nSPS) is 10.7. The van der Waals surface area contributed by atoms with Crippen molar-refractivity contribution in [2.75, 3.05) is 5.73 Å². The van der Waals surface area contributed by atoms with E-state index in [-0.39, 0.29) is 5.95 Å². The lowest BCUT2D eigenvalue weighted by Crippen LogP contribution is -2.10. The van der Waals surface area contributed by atoms with Crippen LogP contribution in [0.2, 0.25) is 0 Å². The molecule has 8 nitrogen and oxygen atoms in total. The summed E-state index contributed by atoms with van der Waals surface area (Å²) in [4.78, 5) is 16.2. The second kappa shape index (κ2) is 4.18. The van der Waals surface area contributed by atoms with Crippen LogP contribution in [0.25, 0.3) is 11.9 Å². The molecule has 0 amide bonds. The second-order valence-corrected chi connectivity index (χ2v) is 4.28. The van der Waals surface area contributed by atoms with Crippen LogP contribution in [0.3, 0.4) is 0 Å². The molecule has 0 atom stereocenters. The lowest BCUT2D eigenvalue weighted by molar-refractivity contribution is 0.778. The van der Waals surface area contributed by atoms with Crippen molar-refractivity contribution in [3.8, 4) is 11.9 Å². The Hall–Kier alpha value is -2.29. The van der Waals surface area contributed by atoms with Crippen molar-refractivity contribution in [2.45, 2.75) is 0 Å². The number of imidazole rings is 1. The van der Waals surface area contributed by atoms with E-state index in [0.29, 0.717) is 11.9 Å². The zero-order valence-corrected chi connectivity index (χ0v) is 10.6. The van der Waals surface area contributed by atoms with Crippen LogP contribution in [0.1, 0.15) is 0 Å². The van der Waals surface area contributed by atoms with Gasteiger partial charge in [-0.1, -0.05) is 0 Å². The molecular formula is C9H7BrN8. The van der Waals surface area contributed by atoms with E-state index in [2.05, 4.69) is 41.0 Å². The molecule has 3 aromatic rings. The molecule has 0 fully saturated rings. The average molecular weight is 307 g/mol. The Kier molecular flexibility index (Phi) is 2.52. The first-order valence-electron chi connectivity index (χ1n) is 4.93. The summed E-state index contributed by atoms with van der Waals surface area (Å²) in [6.45, 7) is 0. The summed E-state index contributed by atoms with van der Waals surface area (Å²) in [7, 11) is 0. The van der Waals surface area contributed by atoms with E-state index in [9.17, 15) is 0 Å². The molecule has 0 radical (unpaired) electrons. The zero-order valence-electron chi connectivity index (χ0n) is 8.97. The average Bonchev–Trinajstić information content (AvgIpc) is 2.98. The Balaban J connectivity index is 2.11. The summed E-state index contributed by atoms with van der Waals surface area (Å²) >= 11 is 3.30. The first-order chi connectivity index (χ1) is 8.72. The molecule has 0 spiro atoms. The number of nitrogens with zero attached hydrogens (tertiary/aromatic N) is 7. The topological polar surface area (TPSA) is 100 Å². The van der Waals surface area contributed by atoms with Crippen LogP contribution in [-0.4, -0.2) is 34.3 Å². The van der Waals surface area contributed by atoms with E-state index >= 15 is 0 Å². The van der Waals surface area contributed by atoms with Crippen LogP contribution in [0.5, 0.6) is 0 Å². The molecule has 3 heterocycles. The number of aromatic nitrogens is 7. The minimum absolute atomic E-state index is 0.121. The molecule has 0 aliphatic heterocycles. The first kappa shape index (κ1) is 10.8. The first-order valence-corrected chi connectivity index (χ1v) is 5.72. The third kappa shape index (κ3) is 1.95. The molecule has 18 heavy (non-hydrogen) atoms. The van der Waals surface area contributed by atoms with Gasteiger partial charge in [0.1, 0.15) is 6.33 Å². The van der Waals surface area contributed by atoms with Crippen molar-refractivity contribution in [3.63, 3.8) is 0 Å². The minimum atomic E-state index is 0.121. The van der Waals surface area contributed by atoms with Gasteiger partial charge in [-0.2, -0.15) is 20.1 Å². The van der Waals surface area contributed by atoms with Crippen molar-refractivity contribution in [1.29, 1.82) is 0 Å². The van der Waals surface area contributed by atoms with Gasteiger partial charge in [0, 0.05) is 18.6 Å². The summed E-state index contributed by atoms with van der Waals surface area (Å²) < 4.78 is 3.97. The van der Waals surface area contributed by atoms with E-state index < -0.39 is 0 Å². The lowest BCUT2D eigenvalue weighted by atomic mass is 10.7. The Bertz CT molecular complexity index is 674. The van der Waals surface area contributed by atoms with Crippen LogP contribution < -0.4 is 5.73 Å². The SMILES string of the molecule is Nc1nc(-n2ccnc2)nc(-n2cc(Br)cn2)n1. The number of nitrogen functional groups attached to an aromatic ring is 1. The Morgan fingerprint density at radius 2 is 2.00 bits per heavy atom. The van der Waals surface area contributed by atoms with Gasteiger partial charge in [-0.05, 0) is 15.9 Å². The molecule has 0 unspecified atom stereocenters. The maximum atomic E-state index is 5.66. The lowest BCUT2D eigenvalue weighted by Gasteiger charge is -2.04. The van der Waals surface area contributed by atoms with Crippen molar-refractivity contribution >= 4 is 21.9 Å². The van der Waals surface area contributed by atoms with E-state index in [0.717, 1.165) is 4.47 Å². The Morgan fingerprint density at radius 3 is 2.67 bits per heavy atom. The third-order valence-electron chi connectivity index (χ3n) is 2.12. The molecule has 0 aromatic carbocycles. The van der Waals surface area contributed by atoms with E-state index in [4.69, 9.17) is 5.73 Å². The number of nitrogens with two attached hydrogens (primary N) is 1. The third-order valence-corrected chi connectivity index (χ3v) is 2.53. The summed E-state index contributed by atoms with van der Waals surface area (Å²) in [6, 6.07) is 0. The van der Waals surface area contributed by atoms with Gasteiger partial charge < -0.3 is 5.73 Å². The fraction of sp³-hybridized carbons (Fsp3) is 0. The van der Waals surface area contributed by atoms with E-state index in [1.807, 2.05) is 0 Å². The fourth-order valence-electron chi connectivity index (χ4n) is 1.37. The monoisotopic (exact) mass is 306 g/mol. The van der Waals surface area contributed by atoms with Crippen LogP contribution in [0.4, 0.5) is 5.95 Å². The molecule has 9 heteroatoms. The van der Waals surface area contributed by atoms with Crippen LogP contribution in [0.15, 0.2) is 35.6 Å². The van der Waals surface area contributed by atoms with Gasteiger partial charge in [0.05, 0.1) is 10.7 Å². The highest BCUT2D eigenvalue weighted by atomic mass is 79.9. The maximum Gasteiger partial charge on any atom is 0.257 e. The summed E-state index contributed by atoms with van der Waals surface area (Å²) in [6.07, 6.45) is 8.29. The summed E-state index contributed by atoms with van der Waals surface area (Å²) in [5.41, 5.74) is 5.66. The molecule has 0 saturated heterocycles. The highest BCUT2D eigenvalue weighted by molar-refractivity contribution is 9.10. The molecule has 90 valence electrons. The quantitative estimate of drug-likeness (QED) is 0.743. The molecular weight excluding hydrogens is 300 g/mol. The fourth-order valence-corrected chi connectivity index (χ4v) is 1.66. The second-order valence-electron chi connectivity index (χ2n) is 3.37. The molecule has 3 aromatic heterocycles. The minimum Gasteiger partial charge on any atom is -0.368 e. The molecule has 2 N–H and O–H groups in total. The van der Waals surface area contributed by atoms with Gasteiger partial charge in [0.15, 0.2) is 0 Å². The maximum absolute atomic E-state index is 5.66. The van der Waals surface area contributed by atoms with Crippen molar-refractivity contribution < 1.29 is 0 Å². The molecule has 0 bridgehead atoms. The van der Waals surface area contributed by atoms with Gasteiger partial charge in [0.2, 0.25) is 11.9 Å². The Labute approximate surface area is 110 Å². The summed E-state index contributed by atoms with van der Waals surface area (Å²) in [5.74, 6) is 0.855. The summed E-state index contributed by atoms with van der Waals surface area (Å²) in [5, 5.41) is 4.09. The molecule has 0 aliphatic carbocycles. The van der Waals surface area contributed by atoms with Gasteiger partial charge in [-0.25, -0.2) is 9.67 Å². The highest BCUT2D eigenvalue weighted by Gasteiger charge is 2.08. The van der Waals surface area contributed by atoms with Crippen LogP contribution in [0, 0.1) is 0 Å². The van der Waals surface area contributed by atoms with Gasteiger partial charge >= 0.3 is 0 Å². The standard InChI is InChI=1S/C9H7BrN8/c10-6-3-13-18(4-6)9-15-7(11)14-8(16-9)17-2-1-12-5-17/h1-5H,(H2,11,14,15,16). The van der Waals surface area contributed by atoms with Crippen LogP contribution >= 0.6 is 15.9 Å². The smallest absolute Gasteiger partial charge is 0.257 e. The number of hydrogen-bond donors (Lipinski definition) is 1. The predicted molar refractivity (Wildman–Crippen MR) is 66.2 cm³/mol. The van der Waals surface area contributed by atoms with Crippen molar-refractivity contribution in [1.82, 2.24) is 34.3 Å². The Morgan fingerprint density at radius 1 is 1.17 bits per heavy atom. The molecule has 0 aliphatic rings. The van der Waals surface area contributed by atoms with E-state index in [1.165, 1.54) is 4.68 Å². The largest absolute Gasteiger partial charge is 0.368 e. The van der Waals surface area contributed by atoms with Crippen molar-refractivity contribution in [3.05, 3.63) is 35.6 Å². The van der Waals surface area contributed by atoms with Gasteiger partial charge in [0.25, 0.3) is 5.95 Å². The highest BCUT2D eigenvalue weighted by Crippen LogP contribution is 2.11. The number of anilines is 1. The number of rotatable bonds is 2. The zero-order chi connectivity index (χ0) is 12.5. The molecule has 3 rings (SSSR count). The van der Waals surface area contributed by atoms with Crippen LogP contribution in [-0.2, 0) is 0 Å².